The van der Waals surface area contributed by atoms with E-state index in [1.807, 2.05) is 0 Å². The molecule has 0 bridgehead atoms. The van der Waals surface area contributed by atoms with Crippen LogP contribution in [-0.4, -0.2) is 24.5 Å². The maximum Gasteiger partial charge on any atom is 0.379 e. The Kier molecular flexibility index (Phi) is 5.15. The Morgan fingerprint density at radius 2 is 1.85 bits per heavy atom. The molecule has 5 nitrogen and oxygen atoms in total. The number of nitrogens with two attached hydrogens (primary N) is 1. The van der Waals surface area contributed by atoms with E-state index in [4.69, 9.17) is 10.5 Å². The Bertz CT molecular complexity index is 488. The van der Waals surface area contributed by atoms with Gasteiger partial charge in [0.2, 0.25) is 0 Å². The summed E-state index contributed by atoms with van der Waals surface area (Å²) >= 11 is 0. The number of esters is 2. The average molecular weight is 287 g/mol. The summed E-state index contributed by atoms with van der Waals surface area (Å²) < 4.78 is 36.5. The fraction of sp³-hybridized carbons (Fsp3) is 0.385. The summed E-state index contributed by atoms with van der Waals surface area (Å²) in [7, 11) is 0. The van der Waals surface area contributed by atoms with Crippen LogP contribution in [0.3, 0.4) is 0 Å². The highest BCUT2D eigenvalue weighted by atomic mass is 19.3. The van der Waals surface area contributed by atoms with Gasteiger partial charge in [0.25, 0.3) is 0 Å². The molecule has 0 heterocycles. The third kappa shape index (κ3) is 3.74. The van der Waals surface area contributed by atoms with Gasteiger partial charge in [0.15, 0.2) is 0 Å². The van der Waals surface area contributed by atoms with Crippen molar-refractivity contribution in [3.05, 3.63) is 29.8 Å². The van der Waals surface area contributed by atoms with Crippen molar-refractivity contribution in [3.8, 4) is 5.75 Å². The van der Waals surface area contributed by atoms with Crippen LogP contribution in [-0.2, 0) is 14.3 Å². The molecular weight excluding hydrogens is 272 g/mol. The van der Waals surface area contributed by atoms with Crippen molar-refractivity contribution < 1.29 is 27.8 Å². The SMILES string of the molecule is CCOC(=O)C(F)(F)[C@@H](N)c1ccc(OC(C)=O)cc1. The van der Waals surface area contributed by atoms with Gasteiger partial charge < -0.3 is 15.2 Å². The maximum atomic E-state index is 13.7. The minimum Gasteiger partial charge on any atom is -0.462 e. The highest BCUT2D eigenvalue weighted by molar-refractivity contribution is 5.79. The number of benzene rings is 1. The minimum atomic E-state index is -3.83. The molecule has 0 aromatic heterocycles. The molecule has 110 valence electrons. The number of hydrogen-bond donors (Lipinski definition) is 1. The van der Waals surface area contributed by atoms with Crippen LogP contribution in [0.25, 0.3) is 0 Å². The molecule has 0 aliphatic carbocycles. The Morgan fingerprint density at radius 3 is 2.30 bits per heavy atom. The van der Waals surface area contributed by atoms with E-state index >= 15 is 0 Å². The molecule has 1 atom stereocenters. The predicted octanol–water partition coefficient (Wildman–Crippen LogP) is 1.81. The lowest BCUT2D eigenvalue weighted by Crippen LogP contribution is -2.41. The zero-order valence-corrected chi connectivity index (χ0v) is 11.1. The quantitative estimate of drug-likeness (QED) is 0.660. The lowest BCUT2D eigenvalue weighted by atomic mass is 10.0. The molecule has 0 amide bonds. The van der Waals surface area contributed by atoms with E-state index in [0.29, 0.717) is 0 Å². The van der Waals surface area contributed by atoms with E-state index in [2.05, 4.69) is 4.74 Å². The van der Waals surface area contributed by atoms with Gasteiger partial charge in [-0.1, -0.05) is 12.1 Å². The molecule has 7 heteroatoms. The van der Waals surface area contributed by atoms with Crippen molar-refractivity contribution in [3.63, 3.8) is 0 Å². The van der Waals surface area contributed by atoms with E-state index in [-0.39, 0.29) is 17.9 Å². The first-order valence-corrected chi connectivity index (χ1v) is 5.88. The van der Waals surface area contributed by atoms with Crippen molar-refractivity contribution in [2.24, 2.45) is 5.73 Å². The molecule has 0 saturated carbocycles. The summed E-state index contributed by atoms with van der Waals surface area (Å²) in [6, 6.07) is 3.31. The molecule has 0 aliphatic rings. The highest BCUT2D eigenvalue weighted by Gasteiger charge is 2.47. The number of alkyl halides is 2. The summed E-state index contributed by atoms with van der Waals surface area (Å²) in [5.74, 6) is -5.83. The molecule has 1 aromatic rings. The number of halogens is 2. The summed E-state index contributed by atoms with van der Waals surface area (Å²) in [6.45, 7) is 2.48. The summed E-state index contributed by atoms with van der Waals surface area (Å²) in [6.07, 6.45) is 0. The van der Waals surface area contributed by atoms with Gasteiger partial charge in [0, 0.05) is 6.92 Å². The van der Waals surface area contributed by atoms with Crippen molar-refractivity contribution in [1.82, 2.24) is 0 Å². The average Bonchev–Trinajstić information content (AvgIpc) is 2.38. The van der Waals surface area contributed by atoms with Gasteiger partial charge in [-0.3, -0.25) is 4.79 Å². The minimum absolute atomic E-state index is 0.0268. The van der Waals surface area contributed by atoms with Gasteiger partial charge >= 0.3 is 17.9 Å². The van der Waals surface area contributed by atoms with Gasteiger partial charge in [-0.2, -0.15) is 8.78 Å². The fourth-order valence-corrected chi connectivity index (χ4v) is 1.47. The number of hydrogen-bond acceptors (Lipinski definition) is 5. The van der Waals surface area contributed by atoms with Crippen LogP contribution >= 0.6 is 0 Å². The fourth-order valence-electron chi connectivity index (χ4n) is 1.47. The lowest BCUT2D eigenvalue weighted by molar-refractivity contribution is -0.174. The number of rotatable bonds is 5. The number of carbonyl (C=O) groups excluding carboxylic acids is 2. The second-order valence-electron chi connectivity index (χ2n) is 3.98. The smallest absolute Gasteiger partial charge is 0.379 e. The second kappa shape index (κ2) is 6.42. The largest absolute Gasteiger partial charge is 0.462 e. The van der Waals surface area contributed by atoms with E-state index in [1.165, 1.54) is 38.1 Å². The van der Waals surface area contributed by atoms with Crippen LogP contribution in [0.5, 0.6) is 5.75 Å². The molecule has 0 radical (unpaired) electrons. The first-order chi connectivity index (χ1) is 9.28. The van der Waals surface area contributed by atoms with Gasteiger partial charge in [0.05, 0.1) is 6.61 Å². The Morgan fingerprint density at radius 1 is 1.30 bits per heavy atom. The van der Waals surface area contributed by atoms with Crippen molar-refractivity contribution >= 4 is 11.9 Å². The summed E-state index contributed by atoms with van der Waals surface area (Å²) in [5.41, 5.74) is 5.42. The van der Waals surface area contributed by atoms with E-state index in [0.717, 1.165) is 0 Å². The van der Waals surface area contributed by atoms with Crippen LogP contribution in [0.15, 0.2) is 24.3 Å². The van der Waals surface area contributed by atoms with Crippen LogP contribution < -0.4 is 10.5 Å². The molecule has 20 heavy (non-hydrogen) atoms. The third-order valence-electron chi connectivity index (χ3n) is 2.44. The lowest BCUT2D eigenvalue weighted by Gasteiger charge is -2.21. The summed E-state index contributed by atoms with van der Waals surface area (Å²) in [5, 5.41) is 0. The molecule has 0 saturated heterocycles. The standard InChI is InChI=1S/C13H15F2NO4/c1-3-19-12(18)13(14,15)11(16)9-4-6-10(7-5-9)20-8(2)17/h4-7,11H,3,16H2,1-2H3/t11-/m0/s1. The molecule has 0 unspecified atom stereocenters. The number of ether oxygens (including phenoxy) is 2. The monoisotopic (exact) mass is 287 g/mol. The second-order valence-corrected chi connectivity index (χ2v) is 3.98. The van der Waals surface area contributed by atoms with Crippen molar-refractivity contribution in [2.75, 3.05) is 6.61 Å². The van der Waals surface area contributed by atoms with Crippen LogP contribution in [0.2, 0.25) is 0 Å². The predicted molar refractivity (Wildman–Crippen MR) is 66.3 cm³/mol. The van der Waals surface area contributed by atoms with Crippen LogP contribution in [0.4, 0.5) is 8.78 Å². The molecule has 1 aromatic carbocycles. The van der Waals surface area contributed by atoms with Crippen molar-refractivity contribution in [2.45, 2.75) is 25.8 Å². The van der Waals surface area contributed by atoms with E-state index in [9.17, 15) is 18.4 Å². The number of carbonyl (C=O) groups is 2. The van der Waals surface area contributed by atoms with Crippen LogP contribution in [0, 0.1) is 0 Å². The molecule has 0 spiro atoms. The maximum absolute atomic E-state index is 13.7. The summed E-state index contributed by atoms with van der Waals surface area (Å²) in [4.78, 5) is 21.9. The van der Waals surface area contributed by atoms with Gasteiger partial charge in [-0.05, 0) is 24.6 Å². The van der Waals surface area contributed by atoms with Crippen molar-refractivity contribution in [1.29, 1.82) is 0 Å². The van der Waals surface area contributed by atoms with Gasteiger partial charge in [0.1, 0.15) is 11.8 Å². The Hall–Kier alpha value is -2.02. The third-order valence-corrected chi connectivity index (χ3v) is 2.44. The first-order valence-electron chi connectivity index (χ1n) is 5.88. The highest BCUT2D eigenvalue weighted by Crippen LogP contribution is 2.31. The molecule has 0 aliphatic heterocycles. The Labute approximate surface area is 114 Å². The molecular formula is C13H15F2NO4. The molecule has 0 fully saturated rings. The van der Waals surface area contributed by atoms with Gasteiger partial charge in [-0.25, -0.2) is 4.79 Å². The van der Waals surface area contributed by atoms with Crippen LogP contribution in [0.1, 0.15) is 25.5 Å². The molecule has 2 N–H and O–H groups in total. The zero-order chi connectivity index (χ0) is 15.3. The first kappa shape index (κ1) is 16.0. The topological polar surface area (TPSA) is 78.6 Å². The normalized spacial score (nSPS) is 12.7. The van der Waals surface area contributed by atoms with Gasteiger partial charge in [-0.15, -0.1) is 0 Å². The molecule has 1 rings (SSSR count). The van der Waals surface area contributed by atoms with E-state index in [1.54, 1.807) is 0 Å². The van der Waals surface area contributed by atoms with E-state index < -0.39 is 23.9 Å². The zero-order valence-electron chi connectivity index (χ0n) is 11.1. The Balaban J connectivity index is 2.88.